The van der Waals surface area contributed by atoms with Gasteiger partial charge in [0, 0.05) is 19.7 Å². The molecular weight excluding hydrogens is 212 g/mol. The second-order valence-electron chi connectivity index (χ2n) is 5.72. The quantitative estimate of drug-likeness (QED) is 0.740. The molecule has 1 aliphatic heterocycles. The van der Waals surface area contributed by atoms with Crippen LogP contribution in [-0.4, -0.2) is 51.3 Å². The van der Waals surface area contributed by atoms with Crippen molar-refractivity contribution in [2.45, 2.75) is 45.6 Å². The molecule has 0 bridgehead atoms. The summed E-state index contributed by atoms with van der Waals surface area (Å²) >= 11 is 0. The summed E-state index contributed by atoms with van der Waals surface area (Å²) in [6.07, 6.45) is 5.31. The van der Waals surface area contributed by atoms with E-state index in [0.29, 0.717) is 11.5 Å². The second-order valence-corrected chi connectivity index (χ2v) is 5.72. The van der Waals surface area contributed by atoms with Crippen molar-refractivity contribution in [1.82, 2.24) is 10.2 Å². The van der Waals surface area contributed by atoms with Crippen molar-refractivity contribution in [3.05, 3.63) is 0 Å². The fraction of sp³-hybridized carbons (Fsp3) is 1.00. The SMILES string of the molecule is CCCC1(CN(C)C(C)COC)CCNCC1. The van der Waals surface area contributed by atoms with Crippen LogP contribution in [-0.2, 0) is 4.74 Å². The van der Waals surface area contributed by atoms with Crippen molar-refractivity contribution in [2.24, 2.45) is 5.41 Å². The molecule has 1 unspecified atom stereocenters. The van der Waals surface area contributed by atoms with E-state index in [1.54, 1.807) is 7.11 Å². The smallest absolute Gasteiger partial charge is 0.0615 e. The monoisotopic (exact) mass is 242 g/mol. The molecule has 0 radical (unpaired) electrons. The van der Waals surface area contributed by atoms with Gasteiger partial charge in [-0.15, -0.1) is 0 Å². The van der Waals surface area contributed by atoms with E-state index in [-0.39, 0.29) is 0 Å². The predicted octanol–water partition coefficient (Wildman–Crippen LogP) is 2.12. The summed E-state index contributed by atoms with van der Waals surface area (Å²) in [5, 5.41) is 3.48. The molecule has 0 saturated carbocycles. The largest absolute Gasteiger partial charge is 0.383 e. The first-order valence-electron chi connectivity index (χ1n) is 7.03. The van der Waals surface area contributed by atoms with E-state index < -0.39 is 0 Å². The van der Waals surface area contributed by atoms with Crippen molar-refractivity contribution < 1.29 is 4.74 Å². The van der Waals surface area contributed by atoms with Gasteiger partial charge in [0.1, 0.15) is 0 Å². The molecule has 0 spiro atoms. The van der Waals surface area contributed by atoms with Crippen LogP contribution < -0.4 is 5.32 Å². The molecule has 3 heteroatoms. The van der Waals surface area contributed by atoms with Crippen molar-refractivity contribution in [2.75, 3.05) is 40.4 Å². The highest BCUT2D eigenvalue weighted by Gasteiger charge is 2.32. The Morgan fingerprint density at radius 3 is 2.53 bits per heavy atom. The summed E-state index contributed by atoms with van der Waals surface area (Å²) in [5.41, 5.74) is 0.538. The molecule has 1 aliphatic rings. The Morgan fingerprint density at radius 1 is 1.35 bits per heavy atom. The van der Waals surface area contributed by atoms with Gasteiger partial charge >= 0.3 is 0 Å². The fourth-order valence-corrected chi connectivity index (χ4v) is 3.03. The highest BCUT2D eigenvalue weighted by Crippen LogP contribution is 2.35. The van der Waals surface area contributed by atoms with Gasteiger partial charge in [-0.3, -0.25) is 0 Å². The summed E-state index contributed by atoms with van der Waals surface area (Å²) < 4.78 is 5.25. The Balaban J connectivity index is 2.52. The average Bonchev–Trinajstić information content (AvgIpc) is 2.30. The maximum absolute atomic E-state index is 5.25. The van der Waals surface area contributed by atoms with Crippen LogP contribution in [0.1, 0.15) is 39.5 Å². The van der Waals surface area contributed by atoms with Gasteiger partial charge in [0.2, 0.25) is 0 Å². The molecule has 102 valence electrons. The summed E-state index contributed by atoms with van der Waals surface area (Å²) in [5.74, 6) is 0. The number of hydrogen-bond donors (Lipinski definition) is 1. The molecule has 0 aromatic rings. The van der Waals surface area contributed by atoms with E-state index in [1.165, 1.54) is 45.3 Å². The number of methoxy groups -OCH3 is 1. The molecule has 1 heterocycles. The van der Waals surface area contributed by atoms with Crippen LogP contribution in [0, 0.1) is 5.41 Å². The minimum Gasteiger partial charge on any atom is -0.383 e. The zero-order valence-electron chi connectivity index (χ0n) is 12.1. The number of rotatable bonds is 7. The number of piperidine rings is 1. The zero-order chi connectivity index (χ0) is 12.7. The van der Waals surface area contributed by atoms with Crippen molar-refractivity contribution in [1.29, 1.82) is 0 Å². The minimum absolute atomic E-state index is 0.517. The molecule has 0 aromatic carbocycles. The van der Waals surface area contributed by atoms with Crippen LogP contribution in [0.15, 0.2) is 0 Å². The fourth-order valence-electron chi connectivity index (χ4n) is 3.03. The third-order valence-electron chi connectivity index (χ3n) is 4.19. The minimum atomic E-state index is 0.517. The molecule has 1 N–H and O–H groups in total. The van der Waals surface area contributed by atoms with Crippen LogP contribution in [0.3, 0.4) is 0 Å². The Kier molecular flexibility index (Phi) is 6.45. The van der Waals surface area contributed by atoms with Crippen LogP contribution in [0.5, 0.6) is 0 Å². The molecular formula is C14H30N2O. The zero-order valence-corrected chi connectivity index (χ0v) is 12.1. The number of hydrogen-bond acceptors (Lipinski definition) is 3. The molecule has 3 nitrogen and oxygen atoms in total. The number of ether oxygens (including phenoxy) is 1. The molecule has 17 heavy (non-hydrogen) atoms. The van der Waals surface area contributed by atoms with Crippen molar-refractivity contribution in [3.63, 3.8) is 0 Å². The predicted molar refractivity (Wildman–Crippen MR) is 73.4 cm³/mol. The third kappa shape index (κ3) is 4.57. The normalized spacial score (nSPS) is 21.7. The lowest BCUT2D eigenvalue weighted by Crippen LogP contribution is -2.46. The summed E-state index contributed by atoms with van der Waals surface area (Å²) in [6.45, 7) is 8.98. The molecule has 0 aromatic heterocycles. The highest BCUT2D eigenvalue weighted by molar-refractivity contribution is 4.87. The molecule has 1 atom stereocenters. The van der Waals surface area contributed by atoms with Gasteiger partial charge in [0.05, 0.1) is 6.61 Å². The number of nitrogens with zero attached hydrogens (tertiary/aromatic N) is 1. The highest BCUT2D eigenvalue weighted by atomic mass is 16.5. The second kappa shape index (κ2) is 7.34. The van der Waals surface area contributed by atoms with Gasteiger partial charge in [-0.25, -0.2) is 0 Å². The van der Waals surface area contributed by atoms with E-state index >= 15 is 0 Å². The Labute approximate surface area is 107 Å². The molecule has 1 saturated heterocycles. The molecule has 1 rings (SSSR count). The van der Waals surface area contributed by atoms with Crippen LogP contribution in [0.25, 0.3) is 0 Å². The van der Waals surface area contributed by atoms with Crippen LogP contribution in [0.2, 0.25) is 0 Å². The van der Waals surface area contributed by atoms with Gasteiger partial charge in [0.25, 0.3) is 0 Å². The summed E-state index contributed by atoms with van der Waals surface area (Å²) in [4.78, 5) is 2.48. The lowest BCUT2D eigenvalue weighted by molar-refractivity contribution is 0.0602. The lowest BCUT2D eigenvalue weighted by atomic mass is 9.75. The van der Waals surface area contributed by atoms with Crippen molar-refractivity contribution >= 4 is 0 Å². The molecule has 0 aliphatic carbocycles. The van der Waals surface area contributed by atoms with Gasteiger partial charge in [-0.1, -0.05) is 13.3 Å². The van der Waals surface area contributed by atoms with E-state index in [0.717, 1.165) is 6.61 Å². The molecule has 0 amide bonds. The van der Waals surface area contributed by atoms with E-state index in [1.807, 2.05) is 0 Å². The Bertz CT molecular complexity index is 197. The third-order valence-corrected chi connectivity index (χ3v) is 4.19. The molecule has 1 fully saturated rings. The average molecular weight is 242 g/mol. The number of likely N-dealkylation sites (N-methyl/N-ethyl adjacent to an activating group) is 1. The first-order chi connectivity index (χ1) is 8.13. The van der Waals surface area contributed by atoms with Gasteiger partial charge in [-0.2, -0.15) is 0 Å². The van der Waals surface area contributed by atoms with E-state index in [4.69, 9.17) is 4.74 Å². The number of nitrogens with one attached hydrogen (secondary N) is 1. The lowest BCUT2D eigenvalue weighted by Gasteiger charge is -2.42. The maximum Gasteiger partial charge on any atom is 0.0615 e. The summed E-state index contributed by atoms with van der Waals surface area (Å²) in [7, 11) is 4.03. The Morgan fingerprint density at radius 2 is 2.00 bits per heavy atom. The van der Waals surface area contributed by atoms with Crippen LogP contribution in [0.4, 0.5) is 0 Å². The van der Waals surface area contributed by atoms with E-state index in [9.17, 15) is 0 Å². The standard InChI is InChI=1S/C14H30N2O/c1-5-6-14(7-9-15-10-8-14)12-16(3)13(2)11-17-4/h13,15H,5-12H2,1-4H3. The first kappa shape index (κ1) is 14.9. The first-order valence-corrected chi connectivity index (χ1v) is 7.03. The maximum atomic E-state index is 5.25. The van der Waals surface area contributed by atoms with Crippen LogP contribution >= 0.6 is 0 Å². The summed E-state index contributed by atoms with van der Waals surface area (Å²) in [6, 6.07) is 0.517. The van der Waals surface area contributed by atoms with Gasteiger partial charge in [0.15, 0.2) is 0 Å². The topological polar surface area (TPSA) is 24.5 Å². The van der Waals surface area contributed by atoms with E-state index in [2.05, 4.69) is 31.1 Å². The Hall–Kier alpha value is -0.120. The van der Waals surface area contributed by atoms with Gasteiger partial charge < -0.3 is 15.0 Å². The van der Waals surface area contributed by atoms with Crippen molar-refractivity contribution in [3.8, 4) is 0 Å². The van der Waals surface area contributed by atoms with Gasteiger partial charge in [-0.05, 0) is 51.7 Å².